The molecule has 0 saturated carbocycles. The molecule has 4 rings (SSSR count). The first-order valence-electron chi connectivity index (χ1n) is 11.8. The predicted octanol–water partition coefficient (Wildman–Crippen LogP) is 6.05. The van der Waals surface area contributed by atoms with Gasteiger partial charge in [0.2, 0.25) is 5.96 Å². The summed E-state index contributed by atoms with van der Waals surface area (Å²) in [5.74, 6) is -0.714. The lowest BCUT2D eigenvalue weighted by Gasteiger charge is -2.25. The molecule has 0 fully saturated rings. The van der Waals surface area contributed by atoms with Gasteiger partial charge in [0.05, 0.1) is 18.8 Å². The molecule has 0 aromatic heterocycles. The average molecular weight is 523 g/mol. The van der Waals surface area contributed by atoms with Gasteiger partial charge in [-0.3, -0.25) is 0 Å². The number of rotatable bonds is 7. The molecule has 2 atom stereocenters. The topological polar surface area (TPSA) is 77.3 Å². The van der Waals surface area contributed by atoms with Crippen molar-refractivity contribution >= 4 is 40.8 Å². The van der Waals surface area contributed by atoms with E-state index >= 15 is 0 Å². The number of hydrazone groups is 1. The van der Waals surface area contributed by atoms with Gasteiger partial charge in [-0.15, -0.1) is 0 Å². The first-order valence-corrected chi connectivity index (χ1v) is 12.5. The summed E-state index contributed by atoms with van der Waals surface area (Å²) in [7, 11) is 0. The van der Waals surface area contributed by atoms with Crippen molar-refractivity contribution in [3.63, 3.8) is 0 Å². The third-order valence-electron chi connectivity index (χ3n) is 6.04. The van der Waals surface area contributed by atoms with Crippen molar-refractivity contribution in [2.24, 2.45) is 16.0 Å². The lowest BCUT2D eigenvalue weighted by atomic mass is 9.91. The quantitative estimate of drug-likeness (QED) is 0.292. The summed E-state index contributed by atoms with van der Waals surface area (Å²) >= 11 is 12.2. The molecule has 1 aliphatic heterocycles. The van der Waals surface area contributed by atoms with E-state index in [-0.39, 0.29) is 11.8 Å². The Kier molecular flexibility index (Phi) is 8.28. The second-order valence-electron chi connectivity index (χ2n) is 9.01. The number of halogens is 2. The summed E-state index contributed by atoms with van der Waals surface area (Å²) in [6, 6.07) is 24.3. The lowest BCUT2D eigenvalue weighted by Crippen LogP contribution is -2.49. The van der Waals surface area contributed by atoms with Crippen LogP contribution in [0.5, 0.6) is 0 Å². The highest BCUT2D eigenvalue weighted by molar-refractivity contribution is 6.31. The molecule has 0 radical (unpaired) electrons. The highest BCUT2D eigenvalue weighted by Crippen LogP contribution is 2.29. The van der Waals surface area contributed by atoms with Crippen LogP contribution in [0.15, 0.2) is 89.0 Å². The largest absolute Gasteiger partial charge is 0.480 e. The van der Waals surface area contributed by atoms with Crippen LogP contribution in [0.3, 0.4) is 0 Å². The van der Waals surface area contributed by atoms with Gasteiger partial charge >= 0.3 is 5.97 Å². The summed E-state index contributed by atoms with van der Waals surface area (Å²) in [5, 5.41) is 21.0. The van der Waals surface area contributed by atoms with E-state index in [9.17, 15) is 9.90 Å². The van der Waals surface area contributed by atoms with Gasteiger partial charge in [-0.1, -0.05) is 91.6 Å². The molecule has 2 unspecified atom stereocenters. The minimum atomic E-state index is -0.940. The van der Waals surface area contributed by atoms with Crippen LogP contribution >= 0.6 is 23.2 Å². The predicted molar refractivity (Wildman–Crippen MR) is 146 cm³/mol. The smallest absolute Gasteiger partial charge is 0.326 e. The molecule has 6 nitrogen and oxygen atoms in total. The third-order valence-corrected chi connectivity index (χ3v) is 6.55. The van der Waals surface area contributed by atoms with Crippen LogP contribution in [-0.4, -0.2) is 40.3 Å². The molecule has 3 aromatic carbocycles. The summed E-state index contributed by atoms with van der Waals surface area (Å²) in [5.41, 5.74) is 3.89. The van der Waals surface area contributed by atoms with E-state index in [0.29, 0.717) is 29.1 Å². The molecule has 36 heavy (non-hydrogen) atoms. The molecule has 8 heteroatoms. The molecular formula is C28H28Cl2N4O2. The normalized spacial score (nSPS) is 16.7. The van der Waals surface area contributed by atoms with Crippen LogP contribution in [0.1, 0.15) is 36.5 Å². The zero-order valence-electron chi connectivity index (χ0n) is 20.1. The number of carboxylic acid groups (broad SMARTS) is 1. The van der Waals surface area contributed by atoms with Crippen molar-refractivity contribution in [1.29, 1.82) is 0 Å². The number of guanidine groups is 1. The number of benzene rings is 3. The SMILES string of the molecule is CC(C)C(N/C(=N\Cc1ccc(Cl)cc1)N1CC(c2ccccc2)C(c2ccc(Cl)cc2)=N1)C(=O)O. The van der Waals surface area contributed by atoms with E-state index in [1.54, 1.807) is 5.01 Å². The second-order valence-corrected chi connectivity index (χ2v) is 9.88. The van der Waals surface area contributed by atoms with Gasteiger partial charge in [0.25, 0.3) is 0 Å². The van der Waals surface area contributed by atoms with E-state index in [1.807, 2.05) is 80.6 Å². The zero-order chi connectivity index (χ0) is 25.7. The fourth-order valence-electron chi connectivity index (χ4n) is 4.07. The maximum absolute atomic E-state index is 12.0. The Morgan fingerprint density at radius 3 is 2.22 bits per heavy atom. The molecule has 0 bridgehead atoms. The molecule has 3 aromatic rings. The van der Waals surface area contributed by atoms with Crippen molar-refractivity contribution in [2.45, 2.75) is 32.4 Å². The fraction of sp³-hybridized carbons (Fsp3) is 0.250. The number of hydrogen-bond acceptors (Lipinski definition) is 3. The molecule has 1 heterocycles. The molecule has 0 aliphatic carbocycles. The third kappa shape index (κ3) is 6.25. The number of carboxylic acids is 1. The molecular weight excluding hydrogens is 495 g/mol. The summed E-state index contributed by atoms with van der Waals surface area (Å²) < 4.78 is 0. The Labute approximate surface area is 221 Å². The van der Waals surface area contributed by atoms with E-state index in [4.69, 9.17) is 33.3 Å². The minimum absolute atomic E-state index is 0.0303. The Balaban J connectivity index is 1.72. The van der Waals surface area contributed by atoms with Gasteiger partial charge in [0.15, 0.2) is 0 Å². The molecule has 1 aliphatic rings. The van der Waals surface area contributed by atoms with Gasteiger partial charge in [-0.05, 0) is 46.9 Å². The Morgan fingerprint density at radius 1 is 1.03 bits per heavy atom. The number of aliphatic carboxylic acids is 1. The molecule has 186 valence electrons. The number of nitrogens with zero attached hydrogens (tertiary/aromatic N) is 3. The van der Waals surface area contributed by atoms with E-state index in [2.05, 4.69) is 17.4 Å². The first-order chi connectivity index (χ1) is 17.3. The molecule has 0 amide bonds. The van der Waals surface area contributed by atoms with E-state index < -0.39 is 12.0 Å². The maximum Gasteiger partial charge on any atom is 0.326 e. The standard InChI is InChI=1S/C28H28Cl2N4O2/c1-18(2)25(27(35)36)32-28(31-16-19-8-12-22(29)13-9-19)34-17-24(20-6-4-3-5-7-20)26(33-34)21-10-14-23(30)15-11-21/h3-15,18,24-25H,16-17H2,1-2H3,(H,31,32)(H,35,36). The van der Waals surface area contributed by atoms with Crippen molar-refractivity contribution < 1.29 is 9.90 Å². The molecule has 0 saturated heterocycles. The number of carbonyl (C=O) groups is 1. The number of nitrogens with one attached hydrogen (secondary N) is 1. The van der Waals surface area contributed by atoms with Gasteiger partial charge in [-0.2, -0.15) is 5.10 Å². The van der Waals surface area contributed by atoms with Crippen LogP contribution in [0, 0.1) is 5.92 Å². The Bertz CT molecular complexity index is 1240. The Morgan fingerprint density at radius 2 is 1.64 bits per heavy atom. The maximum atomic E-state index is 12.0. The van der Waals surface area contributed by atoms with Gasteiger partial charge in [-0.25, -0.2) is 14.8 Å². The van der Waals surface area contributed by atoms with Gasteiger partial charge < -0.3 is 10.4 Å². The van der Waals surface area contributed by atoms with E-state index in [1.165, 1.54) is 0 Å². The van der Waals surface area contributed by atoms with Crippen molar-refractivity contribution in [3.05, 3.63) is 106 Å². The van der Waals surface area contributed by atoms with Crippen LogP contribution in [0.25, 0.3) is 0 Å². The molecule has 2 N–H and O–H groups in total. The lowest BCUT2D eigenvalue weighted by molar-refractivity contribution is -0.140. The zero-order valence-corrected chi connectivity index (χ0v) is 21.6. The molecule has 0 spiro atoms. The van der Waals surface area contributed by atoms with Gasteiger partial charge in [0, 0.05) is 16.0 Å². The van der Waals surface area contributed by atoms with E-state index in [0.717, 1.165) is 22.4 Å². The van der Waals surface area contributed by atoms with Crippen molar-refractivity contribution in [1.82, 2.24) is 10.3 Å². The fourth-order valence-corrected chi connectivity index (χ4v) is 4.32. The average Bonchev–Trinajstić information content (AvgIpc) is 3.31. The van der Waals surface area contributed by atoms with Crippen molar-refractivity contribution in [2.75, 3.05) is 6.54 Å². The van der Waals surface area contributed by atoms with Crippen LogP contribution in [0.2, 0.25) is 10.0 Å². The van der Waals surface area contributed by atoms with Crippen LogP contribution < -0.4 is 5.32 Å². The van der Waals surface area contributed by atoms with Crippen LogP contribution in [0.4, 0.5) is 0 Å². The highest BCUT2D eigenvalue weighted by Gasteiger charge is 2.33. The minimum Gasteiger partial charge on any atom is -0.480 e. The highest BCUT2D eigenvalue weighted by atomic mass is 35.5. The first kappa shape index (κ1) is 25.7. The summed E-state index contributed by atoms with van der Waals surface area (Å²) in [4.78, 5) is 16.8. The Hall–Kier alpha value is -3.35. The number of aliphatic imine (C=N–C) groups is 1. The summed E-state index contributed by atoms with van der Waals surface area (Å²) in [6.45, 7) is 4.59. The summed E-state index contributed by atoms with van der Waals surface area (Å²) in [6.07, 6.45) is 0. The second kappa shape index (κ2) is 11.6. The van der Waals surface area contributed by atoms with Gasteiger partial charge in [0.1, 0.15) is 6.04 Å². The number of hydrogen-bond donors (Lipinski definition) is 2. The van der Waals surface area contributed by atoms with Crippen molar-refractivity contribution in [3.8, 4) is 0 Å². The monoisotopic (exact) mass is 522 g/mol. The van der Waals surface area contributed by atoms with Crippen LogP contribution in [-0.2, 0) is 11.3 Å².